The molecule has 0 bridgehead atoms. The number of para-hydroxylation sites is 2. The summed E-state index contributed by atoms with van der Waals surface area (Å²) in [6, 6.07) is 62.2. The van der Waals surface area contributed by atoms with Gasteiger partial charge < -0.3 is 4.42 Å². The number of rotatable bonds is 6. The van der Waals surface area contributed by atoms with Gasteiger partial charge in [-0.2, -0.15) is 5.26 Å². The molecule has 0 N–H and O–H groups in total. The van der Waals surface area contributed by atoms with Crippen molar-refractivity contribution >= 4 is 21.9 Å². The Kier molecular flexibility index (Phi) is 7.50. The largest absolute Gasteiger partial charge is 0.455 e. The molecule has 0 amide bonds. The normalized spacial score (nSPS) is 11.1. The maximum absolute atomic E-state index is 10.3. The van der Waals surface area contributed by atoms with Gasteiger partial charge in [0.05, 0.1) is 11.4 Å². The number of hydrogen-bond donors (Lipinski definition) is 0. The van der Waals surface area contributed by atoms with Gasteiger partial charge in [0.1, 0.15) is 22.8 Å². The summed E-state index contributed by atoms with van der Waals surface area (Å²) in [6.07, 6.45) is 0. The van der Waals surface area contributed by atoms with Crippen LogP contribution in [-0.2, 0) is 0 Å². The SMILES string of the molecule is N#Cc1c(-c2ccccc2)nc(-c2ccc(-c3cccc(-c4cccc(-c5cccc6c5oc5ccccc56)c4)c3)cc2)nc1-c1ccccc1. The zero-order valence-electron chi connectivity index (χ0n) is 27.5. The lowest BCUT2D eigenvalue weighted by Gasteiger charge is -2.13. The Balaban J connectivity index is 1.07. The van der Waals surface area contributed by atoms with E-state index in [0.29, 0.717) is 22.8 Å². The molecule has 0 aliphatic heterocycles. The van der Waals surface area contributed by atoms with Gasteiger partial charge >= 0.3 is 0 Å². The van der Waals surface area contributed by atoms with Gasteiger partial charge in [0, 0.05) is 33.0 Å². The van der Waals surface area contributed by atoms with Crippen LogP contribution in [0.2, 0.25) is 0 Å². The third-order valence-electron chi connectivity index (χ3n) is 9.37. The van der Waals surface area contributed by atoms with Gasteiger partial charge in [0.25, 0.3) is 0 Å². The molecular formula is C47H29N3O. The van der Waals surface area contributed by atoms with Gasteiger partial charge in [-0.3, -0.25) is 0 Å². The lowest BCUT2D eigenvalue weighted by Crippen LogP contribution is -2.01. The molecule has 238 valence electrons. The minimum absolute atomic E-state index is 0.461. The van der Waals surface area contributed by atoms with Crippen LogP contribution in [0.25, 0.3) is 89.2 Å². The number of hydrogen-bond acceptors (Lipinski definition) is 4. The standard InChI is InChI=1S/C47H29N3O/c48-30-42-44(32-12-3-1-4-13-32)49-47(50-45(42)33-14-5-2-6-15-33)34-26-24-31(25-27-34)35-16-9-17-36(28-35)37-18-10-19-38(29-37)39-21-11-22-41-40-20-7-8-23-43(40)51-46(39)41/h1-29H. The molecular weight excluding hydrogens is 623 g/mol. The van der Waals surface area contributed by atoms with Crippen molar-refractivity contribution < 1.29 is 4.42 Å². The van der Waals surface area contributed by atoms with Crippen LogP contribution in [0, 0.1) is 11.3 Å². The molecule has 0 radical (unpaired) electrons. The summed E-state index contributed by atoms with van der Waals surface area (Å²) in [5.74, 6) is 0.572. The summed E-state index contributed by atoms with van der Waals surface area (Å²) in [5.41, 5.74) is 12.8. The number of fused-ring (bicyclic) bond motifs is 3. The molecule has 0 aliphatic rings. The van der Waals surface area contributed by atoms with Crippen LogP contribution in [0.1, 0.15) is 5.56 Å². The zero-order chi connectivity index (χ0) is 34.1. The maximum Gasteiger partial charge on any atom is 0.160 e. The first-order valence-electron chi connectivity index (χ1n) is 16.9. The molecule has 0 aliphatic carbocycles. The first kappa shape index (κ1) is 30.0. The minimum atomic E-state index is 0.461. The van der Waals surface area contributed by atoms with Crippen molar-refractivity contribution in [2.75, 3.05) is 0 Å². The zero-order valence-corrected chi connectivity index (χ0v) is 27.5. The van der Waals surface area contributed by atoms with E-state index in [-0.39, 0.29) is 0 Å². The van der Waals surface area contributed by atoms with Crippen LogP contribution in [0.5, 0.6) is 0 Å². The third-order valence-corrected chi connectivity index (χ3v) is 9.37. The van der Waals surface area contributed by atoms with E-state index in [1.54, 1.807) is 0 Å². The number of furan rings is 1. The minimum Gasteiger partial charge on any atom is -0.455 e. The van der Waals surface area contributed by atoms with Crippen LogP contribution < -0.4 is 0 Å². The summed E-state index contributed by atoms with van der Waals surface area (Å²) >= 11 is 0. The Hall–Kier alpha value is -7.09. The Bertz CT molecular complexity index is 2680. The topological polar surface area (TPSA) is 62.7 Å². The van der Waals surface area contributed by atoms with Gasteiger partial charge in [-0.05, 0) is 46.0 Å². The molecule has 0 saturated heterocycles. The maximum atomic E-state index is 10.3. The molecule has 4 heteroatoms. The van der Waals surface area contributed by atoms with Gasteiger partial charge in [-0.1, -0.05) is 158 Å². The molecule has 4 nitrogen and oxygen atoms in total. The Morgan fingerprint density at radius 1 is 0.412 bits per heavy atom. The average molecular weight is 652 g/mol. The summed E-state index contributed by atoms with van der Waals surface area (Å²) in [5, 5.41) is 12.5. The predicted octanol–water partition coefficient (Wildman–Crippen LogP) is 12.2. The monoisotopic (exact) mass is 651 g/mol. The lowest BCUT2D eigenvalue weighted by atomic mass is 9.95. The number of benzene rings is 7. The Labute approximate surface area is 295 Å². The number of aromatic nitrogens is 2. The summed E-state index contributed by atoms with van der Waals surface area (Å²) < 4.78 is 6.35. The first-order valence-corrected chi connectivity index (χ1v) is 16.9. The first-order chi connectivity index (χ1) is 25.2. The van der Waals surface area contributed by atoms with Crippen molar-refractivity contribution in [3.63, 3.8) is 0 Å². The smallest absolute Gasteiger partial charge is 0.160 e. The van der Waals surface area contributed by atoms with E-state index in [0.717, 1.165) is 72.0 Å². The second-order valence-electron chi connectivity index (χ2n) is 12.5. The highest BCUT2D eigenvalue weighted by Crippen LogP contribution is 2.38. The van der Waals surface area contributed by atoms with E-state index < -0.39 is 0 Å². The van der Waals surface area contributed by atoms with Crippen LogP contribution >= 0.6 is 0 Å². The van der Waals surface area contributed by atoms with Crippen LogP contribution in [-0.4, -0.2) is 9.97 Å². The van der Waals surface area contributed by atoms with E-state index >= 15 is 0 Å². The quantitative estimate of drug-likeness (QED) is 0.179. The highest BCUT2D eigenvalue weighted by molar-refractivity contribution is 6.09. The molecule has 9 aromatic rings. The molecule has 0 unspecified atom stereocenters. The molecule has 0 atom stereocenters. The molecule has 2 heterocycles. The van der Waals surface area contributed by atoms with Crippen molar-refractivity contribution in [1.29, 1.82) is 5.26 Å². The highest BCUT2D eigenvalue weighted by Gasteiger charge is 2.19. The fraction of sp³-hybridized carbons (Fsp3) is 0. The second-order valence-corrected chi connectivity index (χ2v) is 12.5. The number of nitriles is 1. The van der Waals surface area contributed by atoms with Crippen LogP contribution in [0.15, 0.2) is 180 Å². The predicted molar refractivity (Wildman–Crippen MR) is 207 cm³/mol. The molecule has 9 rings (SSSR count). The fourth-order valence-electron chi connectivity index (χ4n) is 6.84. The third kappa shape index (κ3) is 5.53. The van der Waals surface area contributed by atoms with Crippen LogP contribution in [0.3, 0.4) is 0 Å². The molecule has 0 saturated carbocycles. The molecule has 0 fully saturated rings. The van der Waals surface area contributed by atoms with Crippen molar-refractivity contribution in [1.82, 2.24) is 9.97 Å². The number of nitrogens with zero attached hydrogens (tertiary/aromatic N) is 3. The summed E-state index contributed by atoms with van der Waals surface area (Å²) in [7, 11) is 0. The van der Waals surface area contributed by atoms with Gasteiger partial charge in [0.2, 0.25) is 0 Å². The molecule has 51 heavy (non-hydrogen) atoms. The Morgan fingerprint density at radius 3 is 1.55 bits per heavy atom. The lowest BCUT2D eigenvalue weighted by molar-refractivity contribution is 0.670. The van der Waals surface area contributed by atoms with E-state index in [1.165, 1.54) is 0 Å². The molecule has 0 spiro atoms. The molecule has 2 aromatic heterocycles. The van der Waals surface area contributed by atoms with Crippen molar-refractivity contribution in [2.45, 2.75) is 0 Å². The van der Waals surface area contributed by atoms with Gasteiger partial charge in [-0.15, -0.1) is 0 Å². The second kappa shape index (κ2) is 12.7. The van der Waals surface area contributed by atoms with Crippen molar-refractivity contribution in [2.24, 2.45) is 0 Å². The summed E-state index contributed by atoms with van der Waals surface area (Å²) in [6.45, 7) is 0. The molecule has 7 aromatic carbocycles. The van der Waals surface area contributed by atoms with E-state index in [9.17, 15) is 5.26 Å². The van der Waals surface area contributed by atoms with E-state index in [1.807, 2.05) is 72.8 Å². The fourth-order valence-corrected chi connectivity index (χ4v) is 6.84. The Morgan fingerprint density at radius 2 is 0.902 bits per heavy atom. The van der Waals surface area contributed by atoms with E-state index in [2.05, 4.69) is 109 Å². The highest BCUT2D eigenvalue weighted by atomic mass is 16.3. The average Bonchev–Trinajstić information content (AvgIpc) is 3.60. The van der Waals surface area contributed by atoms with Crippen LogP contribution in [0.4, 0.5) is 0 Å². The van der Waals surface area contributed by atoms with Crippen molar-refractivity contribution in [3.8, 4) is 73.4 Å². The van der Waals surface area contributed by atoms with Gasteiger partial charge in [-0.25, -0.2) is 9.97 Å². The summed E-state index contributed by atoms with van der Waals surface area (Å²) in [4.78, 5) is 9.90. The van der Waals surface area contributed by atoms with Crippen molar-refractivity contribution in [3.05, 3.63) is 181 Å². The van der Waals surface area contributed by atoms with Gasteiger partial charge in [0.15, 0.2) is 5.82 Å². The van der Waals surface area contributed by atoms with E-state index in [4.69, 9.17) is 14.4 Å².